The normalized spacial score (nSPS) is 14.2. The van der Waals surface area contributed by atoms with Crippen LogP contribution in [0.5, 0.6) is 0 Å². The highest BCUT2D eigenvalue weighted by molar-refractivity contribution is 5.75. The number of esters is 1. The Kier molecular flexibility index (Phi) is 4.37. The van der Waals surface area contributed by atoms with E-state index in [1.54, 1.807) is 13.8 Å². The molecule has 1 aromatic heterocycles. The van der Waals surface area contributed by atoms with Gasteiger partial charge in [-0.05, 0) is 19.1 Å². The molecule has 2 atom stereocenters. The van der Waals surface area contributed by atoms with E-state index in [1.807, 2.05) is 0 Å². The number of carbonyl (C=O) groups is 1. The second-order valence-electron chi connectivity index (χ2n) is 3.39. The summed E-state index contributed by atoms with van der Waals surface area (Å²) in [5.41, 5.74) is 0.446. The molecule has 1 aromatic rings. The lowest BCUT2D eigenvalue weighted by Crippen LogP contribution is -2.28. The highest BCUT2D eigenvalue weighted by Crippen LogP contribution is 2.18. The molecule has 0 spiro atoms. The molecule has 0 radical (unpaired) electrons. The van der Waals surface area contributed by atoms with Crippen LogP contribution in [-0.2, 0) is 9.53 Å². The average Bonchev–Trinajstić information content (AvgIpc) is 2.28. The lowest BCUT2D eigenvalue weighted by Gasteiger charge is -2.16. The van der Waals surface area contributed by atoms with Crippen LogP contribution < -0.4 is 0 Å². The summed E-state index contributed by atoms with van der Waals surface area (Å²) in [6.07, 6.45) is -0.234. The van der Waals surface area contributed by atoms with Crippen LogP contribution in [0.1, 0.15) is 25.5 Å². The van der Waals surface area contributed by atoms with E-state index in [-0.39, 0.29) is 6.61 Å². The molecule has 0 saturated carbocycles. The zero-order valence-corrected chi connectivity index (χ0v) is 9.18. The Labute approximate surface area is 93.1 Å². The summed E-state index contributed by atoms with van der Waals surface area (Å²) >= 11 is 0. The maximum atomic E-state index is 12.6. The molecule has 0 amide bonds. The number of aromatic nitrogens is 1. The fraction of sp³-hybridized carbons (Fsp3) is 0.455. The van der Waals surface area contributed by atoms with Gasteiger partial charge in [-0.15, -0.1) is 0 Å². The second-order valence-corrected chi connectivity index (χ2v) is 3.39. The smallest absolute Gasteiger partial charge is 0.335 e. The number of pyridine rings is 1. The Morgan fingerprint density at radius 1 is 1.62 bits per heavy atom. The zero-order chi connectivity index (χ0) is 12.1. The topological polar surface area (TPSA) is 59.4 Å². The predicted molar refractivity (Wildman–Crippen MR) is 55.2 cm³/mol. The summed E-state index contributed by atoms with van der Waals surface area (Å²) < 4.78 is 17.3. The number of ether oxygens (including phenoxy) is 1. The summed E-state index contributed by atoms with van der Waals surface area (Å²) in [5, 5.41) is 9.63. The van der Waals surface area contributed by atoms with Crippen LogP contribution in [0, 0.1) is 5.82 Å². The number of aliphatic hydroxyl groups excluding tert-OH is 1. The predicted octanol–water partition coefficient (Wildman–Crippen LogP) is 1.25. The van der Waals surface area contributed by atoms with E-state index in [9.17, 15) is 14.3 Å². The van der Waals surface area contributed by atoms with Crippen LogP contribution in [0.4, 0.5) is 4.39 Å². The minimum absolute atomic E-state index is 0.208. The zero-order valence-electron chi connectivity index (χ0n) is 9.18. The molecule has 0 fully saturated rings. The van der Waals surface area contributed by atoms with Gasteiger partial charge in [-0.1, -0.05) is 6.92 Å². The van der Waals surface area contributed by atoms with Crippen molar-refractivity contribution in [2.75, 3.05) is 6.61 Å². The van der Waals surface area contributed by atoms with Gasteiger partial charge in [0.25, 0.3) is 0 Å². The summed E-state index contributed by atoms with van der Waals surface area (Å²) in [6.45, 7) is 3.49. The molecule has 5 heteroatoms. The van der Waals surface area contributed by atoms with Crippen LogP contribution in [0.15, 0.2) is 18.3 Å². The van der Waals surface area contributed by atoms with Crippen molar-refractivity contribution < 1.29 is 19.0 Å². The van der Waals surface area contributed by atoms with Crippen molar-refractivity contribution in [3.63, 3.8) is 0 Å². The molecule has 0 bridgehead atoms. The van der Waals surface area contributed by atoms with Gasteiger partial charge in [0, 0.05) is 11.6 Å². The van der Waals surface area contributed by atoms with E-state index < -0.39 is 23.8 Å². The minimum Gasteiger partial charge on any atom is -0.464 e. The molecule has 1 rings (SSSR count). The number of rotatable bonds is 4. The monoisotopic (exact) mass is 227 g/mol. The maximum absolute atomic E-state index is 12.6. The van der Waals surface area contributed by atoms with Crippen molar-refractivity contribution in [2.45, 2.75) is 25.9 Å². The largest absolute Gasteiger partial charge is 0.464 e. The summed E-state index contributed by atoms with van der Waals surface area (Å²) in [6, 6.07) is 2.67. The lowest BCUT2D eigenvalue weighted by molar-refractivity contribution is -0.154. The molecule has 16 heavy (non-hydrogen) atoms. The fourth-order valence-corrected chi connectivity index (χ4v) is 1.25. The number of halogens is 1. The van der Waals surface area contributed by atoms with Gasteiger partial charge in [0.05, 0.1) is 12.8 Å². The first kappa shape index (κ1) is 12.6. The molecule has 0 aliphatic heterocycles. The number of nitrogens with zero attached hydrogens (tertiary/aromatic N) is 1. The van der Waals surface area contributed by atoms with Crippen molar-refractivity contribution in [1.29, 1.82) is 0 Å². The van der Waals surface area contributed by atoms with Gasteiger partial charge in [0.2, 0.25) is 0 Å². The molecule has 0 aromatic carbocycles. The van der Waals surface area contributed by atoms with E-state index in [0.717, 1.165) is 6.20 Å². The standard InChI is InChI=1S/C11H14FNO3/c1-3-16-11(15)10(14)7(2)9-5-4-8(12)6-13-9/h4-7,10,14H,3H2,1-2H3. The van der Waals surface area contributed by atoms with Gasteiger partial charge in [-0.3, -0.25) is 4.98 Å². The highest BCUT2D eigenvalue weighted by atomic mass is 19.1. The number of aliphatic hydroxyl groups is 1. The van der Waals surface area contributed by atoms with Crippen LogP contribution in [0.25, 0.3) is 0 Å². The quantitative estimate of drug-likeness (QED) is 0.786. The van der Waals surface area contributed by atoms with E-state index in [1.165, 1.54) is 12.1 Å². The van der Waals surface area contributed by atoms with Crippen LogP contribution in [-0.4, -0.2) is 28.8 Å². The molecule has 0 aliphatic carbocycles. The maximum Gasteiger partial charge on any atom is 0.335 e. The third-order valence-corrected chi connectivity index (χ3v) is 2.22. The van der Waals surface area contributed by atoms with E-state index in [2.05, 4.69) is 9.72 Å². The lowest BCUT2D eigenvalue weighted by atomic mass is 10.0. The first-order chi connectivity index (χ1) is 7.56. The van der Waals surface area contributed by atoms with Gasteiger partial charge in [0.15, 0.2) is 6.10 Å². The molecule has 1 N–H and O–H groups in total. The van der Waals surface area contributed by atoms with Crippen molar-refractivity contribution in [3.05, 3.63) is 29.8 Å². The van der Waals surface area contributed by atoms with Gasteiger partial charge in [-0.2, -0.15) is 0 Å². The third-order valence-electron chi connectivity index (χ3n) is 2.22. The van der Waals surface area contributed by atoms with E-state index in [4.69, 9.17) is 0 Å². The van der Waals surface area contributed by atoms with Crippen LogP contribution in [0.3, 0.4) is 0 Å². The summed E-state index contributed by atoms with van der Waals surface area (Å²) in [4.78, 5) is 15.0. The molecular formula is C11H14FNO3. The van der Waals surface area contributed by atoms with Crippen molar-refractivity contribution in [3.8, 4) is 0 Å². The first-order valence-corrected chi connectivity index (χ1v) is 5.02. The average molecular weight is 227 g/mol. The molecule has 4 nitrogen and oxygen atoms in total. The Morgan fingerprint density at radius 3 is 2.81 bits per heavy atom. The van der Waals surface area contributed by atoms with E-state index in [0.29, 0.717) is 5.69 Å². The van der Waals surface area contributed by atoms with E-state index >= 15 is 0 Å². The number of hydrogen-bond donors (Lipinski definition) is 1. The molecule has 88 valence electrons. The van der Waals surface area contributed by atoms with Gasteiger partial charge < -0.3 is 9.84 Å². The Bertz CT molecular complexity index is 353. The number of carbonyl (C=O) groups excluding carboxylic acids is 1. The SMILES string of the molecule is CCOC(=O)C(O)C(C)c1ccc(F)cn1. The summed E-state index contributed by atoms with van der Waals surface area (Å²) in [7, 11) is 0. The minimum atomic E-state index is -1.28. The Morgan fingerprint density at radius 2 is 2.31 bits per heavy atom. The molecule has 1 heterocycles. The van der Waals surface area contributed by atoms with Crippen molar-refractivity contribution in [1.82, 2.24) is 4.98 Å². The third kappa shape index (κ3) is 3.00. The molecule has 2 unspecified atom stereocenters. The second kappa shape index (κ2) is 5.55. The van der Waals surface area contributed by atoms with Gasteiger partial charge >= 0.3 is 5.97 Å². The van der Waals surface area contributed by atoms with Crippen LogP contribution in [0.2, 0.25) is 0 Å². The van der Waals surface area contributed by atoms with Crippen LogP contribution >= 0.6 is 0 Å². The van der Waals surface area contributed by atoms with Crippen molar-refractivity contribution in [2.24, 2.45) is 0 Å². The van der Waals surface area contributed by atoms with Gasteiger partial charge in [0.1, 0.15) is 5.82 Å². The first-order valence-electron chi connectivity index (χ1n) is 5.02. The molecule has 0 aliphatic rings. The Balaban J connectivity index is 2.73. The fourth-order valence-electron chi connectivity index (χ4n) is 1.25. The molecular weight excluding hydrogens is 213 g/mol. The van der Waals surface area contributed by atoms with Gasteiger partial charge in [-0.25, -0.2) is 9.18 Å². The molecule has 0 saturated heterocycles. The Hall–Kier alpha value is -1.49. The number of hydrogen-bond acceptors (Lipinski definition) is 4. The summed E-state index contributed by atoms with van der Waals surface area (Å²) in [5.74, 6) is -1.68. The van der Waals surface area contributed by atoms with Crippen molar-refractivity contribution >= 4 is 5.97 Å². The highest BCUT2D eigenvalue weighted by Gasteiger charge is 2.25.